The Morgan fingerprint density at radius 1 is 1.77 bits per heavy atom. The molecular formula is C8H10N2O3. The first kappa shape index (κ1) is 8.25. The number of nitrogens with zero attached hydrogens (tertiary/aromatic N) is 2. The van der Waals surface area contributed by atoms with Crippen LogP contribution in [-0.4, -0.2) is 40.1 Å². The standard InChI is InChI=1S/C8H10N2O3/c1-5-7(9-4-13-5)8(12)10-2-6(11)3-10/h4,6,11H,2-3H2,1H3. The fraction of sp³-hybridized carbons (Fsp3) is 0.500. The number of aliphatic hydroxyl groups is 1. The number of likely N-dealkylation sites (tertiary alicyclic amines) is 1. The molecule has 0 atom stereocenters. The summed E-state index contributed by atoms with van der Waals surface area (Å²) in [5.41, 5.74) is 0.340. The van der Waals surface area contributed by atoms with Crippen LogP contribution in [0, 0.1) is 6.92 Å². The van der Waals surface area contributed by atoms with Crippen LogP contribution in [0.3, 0.4) is 0 Å². The lowest BCUT2D eigenvalue weighted by Gasteiger charge is -2.35. The van der Waals surface area contributed by atoms with Crippen molar-refractivity contribution in [3.63, 3.8) is 0 Å². The van der Waals surface area contributed by atoms with Gasteiger partial charge in [-0.3, -0.25) is 4.79 Å². The Labute approximate surface area is 75.0 Å². The zero-order valence-corrected chi connectivity index (χ0v) is 7.23. The minimum absolute atomic E-state index is 0.170. The molecule has 0 spiro atoms. The fourth-order valence-corrected chi connectivity index (χ4v) is 1.28. The number of aliphatic hydroxyl groups excluding tert-OH is 1. The summed E-state index contributed by atoms with van der Waals surface area (Å²) < 4.78 is 4.91. The van der Waals surface area contributed by atoms with Crippen molar-refractivity contribution < 1.29 is 14.3 Å². The van der Waals surface area contributed by atoms with Gasteiger partial charge in [-0.15, -0.1) is 0 Å². The molecule has 5 nitrogen and oxygen atoms in total. The van der Waals surface area contributed by atoms with Gasteiger partial charge < -0.3 is 14.4 Å². The van der Waals surface area contributed by atoms with Crippen LogP contribution in [0.5, 0.6) is 0 Å². The summed E-state index contributed by atoms with van der Waals surface area (Å²) in [6, 6.07) is 0. The second-order valence-electron chi connectivity index (χ2n) is 3.12. The molecular weight excluding hydrogens is 172 g/mol. The van der Waals surface area contributed by atoms with Gasteiger partial charge in [0.15, 0.2) is 12.1 Å². The number of amides is 1. The number of carbonyl (C=O) groups is 1. The monoisotopic (exact) mass is 182 g/mol. The van der Waals surface area contributed by atoms with E-state index < -0.39 is 0 Å². The molecule has 0 saturated carbocycles. The highest BCUT2D eigenvalue weighted by molar-refractivity contribution is 5.93. The number of oxazole rings is 1. The predicted molar refractivity (Wildman–Crippen MR) is 43.2 cm³/mol. The molecule has 70 valence electrons. The van der Waals surface area contributed by atoms with Gasteiger partial charge in [0.1, 0.15) is 5.76 Å². The third-order valence-electron chi connectivity index (χ3n) is 2.10. The van der Waals surface area contributed by atoms with E-state index >= 15 is 0 Å². The van der Waals surface area contributed by atoms with Crippen LogP contribution in [-0.2, 0) is 0 Å². The normalized spacial score (nSPS) is 17.2. The zero-order chi connectivity index (χ0) is 9.42. The quantitative estimate of drug-likeness (QED) is 0.653. The summed E-state index contributed by atoms with van der Waals surface area (Å²) in [7, 11) is 0. The lowest BCUT2D eigenvalue weighted by molar-refractivity contribution is 0.00542. The van der Waals surface area contributed by atoms with Crippen molar-refractivity contribution in [3.8, 4) is 0 Å². The first-order valence-corrected chi connectivity index (χ1v) is 4.06. The van der Waals surface area contributed by atoms with E-state index in [1.54, 1.807) is 6.92 Å². The van der Waals surface area contributed by atoms with E-state index in [0.29, 0.717) is 24.5 Å². The van der Waals surface area contributed by atoms with Gasteiger partial charge in [0, 0.05) is 13.1 Å². The smallest absolute Gasteiger partial charge is 0.276 e. The van der Waals surface area contributed by atoms with Gasteiger partial charge in [-0.05, 0) is 6.92 Å². The molecule has 1 aromatic rings. The Morgan fingerprint density at radius 2 is 2.46 bits per heavy atom. The second kappa shape index (κ2) is 2.85. The SMILES string of the molecule is Cc1ocnc1C(=O)N1CC(O)C1. The molecule has 0 unspecified atom stereocenters. The topological polar surface area (TPSA) is 66.6 Å². The van der Waals surface area contributed by atoms with Crippen molar-refractivity contribution in [2.24, 2.45) is 0 Å². The molecule has 0 bridgehead atoms. The average Bonchev–Trinajstić information content (AvgIpc) is 2.44. The molecule has 2 rings (SSSR count). The minimum Gasteiger partial charge on any atom is -0.448 e. The number of rotatable bonds is 1. The predicted octanol–water partition coefficient (Wildman–Crippen LogP) is -0.200. The van der Waals surface area contributed by atoms with Crippen molar-refractivity contribution in [1.82, 2.24) is 9.88 Å². The van der Waals surface area contributed by atoms with Gasteiger partial charge >= 0.3 is 0 Å². The van der Waals surface area contributed by atoms with Crippen molar-refractivity contribution in [2.45, 2.75) is 13.0 Å². The summed E-state index contributed by atoms with van der Waals surface area (Å²) >= 11 is 0. The highest BCUT2D eigenvalue weighted by atomic mass is 16.3. The Balaban J connectivity index is 2.10. The van der Waals surface area contributed by atoms with Crippen LogP contribution in [0.25, 0.3) is 0 Å². The Bertz CT molecular complexity index is 328. The number of aromatic nitrogens is 1. The third kappa shape index (κ3) is 1.31. The molecule has 0 aliphatic carbocycles. The van der Waals surface area contributed by atoms with Crippen LogP contribution in [0.2, 0.25) is 0 Å². The highest BCUT2D eigenvalue weighted by Gasteiger charge is 2.31. The molecule has 0 radical (unpaired) electrons. The third-order valence-corrected chi connectivity index (χ3v) is 2.10. The highest BCUT2D eigenvalue weighted by Crippen LogP contribution is 2.14. The number of aryl methyl sites for hydroxylation is 1. The molecule has 1 amide bonds. The van der Waals surface area contributed by atoms with Gasteiger partial charge in [-0.2, -0.15) is 0 Å². The van der Waals surface area contributed by atoms with Gasteiger partial charge in [0.05, 0.1) is 6.10 Å². The molecule has 1 aliphatic heterocycles. The maximum atomic E-state index is 11.5. The molecule has 1 fully saturated rings. The van der Waals surface area contributed by atoms with E-state index in [1.807, 2.05) is 0 Å². The molecule has 1 saturated heterocycles. The number of hydrogen-bond donors (Lipinski definition) is 1. The summed E-state index contributed by atoms with van der Waals surface area (Å²) in [5.74, 6) is 0.350. The van der Waals surface area contributed by atoms with Crippen molar-refractivity contribution in [3.05, 3.63) is 17.8 Å². The van der Waals surface area contributed by atoms with Crippen LogP contribution in [0.15, 0.2) is 10.8 Å². The number of β-amino-alcohol motifs (C(OH)–C–C–N with tert-alkyl or cyclic N) is 1. The largest absolute Gasteiger partial charge is 0.448 e. The molecule has 1 aliphatic rings. The fourth-order valence-electron chi connectivity index (χ4n) is 1.28. The maximum Gasteiger partial charge on any atom is 0.276 e. The molecule has 1 aromatic heterocycles. The Hall–Kier alpha value is -1.36. The van der Waals surface area contributed by atoms with Crippen LogP contribution >= 0.6 is 0 Å². The van der Waals surface area contributed by atoms with E-state index in [-0.39, 0.29) is 12.0 Å². The molecule has 1 N–H and O–H groups in total. The zero-order valence-electron chi connectivity index (χ0n) is 7.23. The molecule has 13 heavy (non-hydrogen) atoms. The lowest BCUT2D eigenvalue weighted by Crippen LogP contribution is -2.53. The summed E-state index contributed by atoms with van der Waals surface area (Å²) in [6.07, 6.45) is 0.870. The van der Waals surface area contributed by atoms with E-state index in [2.05, 4.69) is 4.98 Å². The minimum atomic E-state index is -0.379. The molecule has 0 aromatic carbocycles. The number of carbonyl (C=O) groups excluding carboxylic acids is 1. The van der Waals surface area contributed by atoms with Gasteiger partial charge in [-0.25, -0.2) is 4.98 Å². The Kier molecular flexibility index (Phi) is 1.81. The van der Waals surface area contributed by atoms with E-state index in [9.17, 15) is 4.79 Å². The van der Waals surface area contributed by atoms with Crippen LogP contribution < -0.4 is 0 Å². The molecule has 2 heterocycles. The summed E-state index contributed by atoms with van der Waals surface area (Å²) in [5, 5.41) is 9.00. The first-order chi connectivity index (χ1) is 6.18. The summed E-state index contributed by atoms with van der Waals surface area (Å²) in [6.45, 7) is 2.48. The van der Waals surface area contributed by atoms with Crippen LogP contribution in [0.1, 0.15) is 16.2 Å². The molecule has 5 heteroatoms. The van der Waals surface area contributed by atoms with Gasteiger partial charge in [0.2, 0.25) is 0 Å². The number of hydrogen-bond acceptors (Lipinski definition) is 4. The summed E-state index contributed by atoms with van der Waals surface area (Å²) in [4.78, 5) is 16.9. The maximum absolute atomic E-state index is 11.5. The van der Waals surface area contributed by atoms with Crippen molar-refractivity contribution >= 4 is 5.91 Å². The van der Waals surface area contributed by atoms with Gasteiger partial charge in [0.25, 0.3) is 5.91 Å². The van der Waals surface area contributed by atoms with E-state index in [4.69, 9.17) is 9.52 Å². The van der Waals surface area contributed by atoms with Crippen LogP contribution in [0.4, 0.5) is 0 Å². The van der Waals surface area contributed by atoms with Crippen molar-refractivity contribution in [2.75, 3.05) is 13.1 Å². The van der Waals surface area contributed by atoms with E-state index in [1.165, 1.54) is 11.3 Å². The lowest BCUT2D eigenvalue weighted by atomic mass is 10.1. The first-order valence-electron chi connectivity index (χ1n) is 4.06. The average molecular weight is 182 g/mol. The van der Waals surface area contributed by atoms with Crippen molar-refractivity contribution in [1.29, 1.82) is 0 Å². The van der Waals surface area contributed by atoms with Gasteiger partial charge in [-0.1, -0.05) is 0 Å². The van der Waals surface area contributed by atoms with E-state index in [0.717, 1.165) is 0 Å². The Morgan fingerprint density at radius 3 is 2.92 bits per heavy atom. The second-order valence-corrected chi connectivity index (χ2v) is 3.12.